The molecule has 1 aliphatic heterocycles. The summed E-state index contributed by atoms with van der Waals surface area (Å²) in [5.41, 5.74) is 0.243. The van der Waals surface area contributed by atoms with Gasteiger partial charge in [0.05, 0.1) is 10.8 Å². The lowest BCUT2D eigenvalue weighted by Gasteiger charge is -2.30. The Morgan fingerprint density at radius 2 is 2.00 bits per heavy atom. The third-order valence-corrected chi connectivity index (χ3v) is 3.44. The van der Waals surface area contributed by atoms with Crippen LogP contribution >= 0.6 is 0 Å². The summed E-state index contributed by atoms with van der Waals surface area (Å²) in [6.45, 7) is 0.718. The normalized spacial score (nSPS) is 15.5. The fourth-order valence-corrected chi connectivity index (χ4v) is 2.23. The zero-order valence-corrected chi connectivity index (χ0v) is 11.2. The van der Waals surface area contributed by atoms with Crippen LogP contribution in [-0.2, 0) is 4.79 Å². The molecule has 8 nitrogen and oxygen atoms in total. The minimum atomic E-state index is -0.839. The number of carboxylic acids is 1. The van der Waals surface area contributed by atoms with Gasteiger partial charge in [0.25, 0.3) is 5.69 Å². The molecule has 1 aromatic carbocycles. The maximum atomic E-state index is 12.0. The molecule has 2 rings (SSSR count). The topological polar surface area (TPSA) is 113 Å². The minimum Gasteiger partial charge on any atom is -0.481 e. The number of hydrogen-bond donors (Lipinski definition) is 2. The summed E-state index contributed by atoms with van der Waals surface area (Å²) >= 11 is 0. The highest BCUT2D eigenvalue weighted by Gasteiger charge is 2.27. The number of nitro benzene ring substituents is 1. The maximum absolute atomic E-state index is 12.0. The highest BCUT2D eigenvalue weighted by atomic mass is 16.6. The van der Waals surface area contributed by atoms with Gasteiger partial charge in [-0.15, -0.1) is 0 Å². The Bertz CT molecular complexity index is 567. The number of urea groups is 1. The number of nitro groups is 1. The van der Waals surface area contributed by atoms with E-state index in [-0.39, 0.29) is 11.7 Å². The van der Waals surface area contributed by atoms with Crippen LogP contribution in [-0.4, -0.2) is 40.0 Å². The van der Waals surface area contributed by atoms with Crippen LogP contribution in [0, 0.1) is 16.0 Å². The van der Waals surface area contributed by atoms with Crippen LogP contribution in [0.5, 0.6) is 0 Å². The lowest BCUT2D eigenvalue weighted by Crippen LogP contribution is -2.42. The Balaban J connectivity index is 1.95. The first kappa shape index (κ1) is 14.8. The minimum absolute atomic E-state index is 0.0996. The zero-order chi connectivity index (χ0) is 15.4. The molecule has 0 bridgehead atoms. The lowest BCUT2D eigenvalue weighted by atomic mass is 9.97. The van der Waals surface area contributed by atoms with Crippen molar-refractivity contribution in [3.05, 3.63) is 34.4 Å². The number of nitrogens with one attached hydrogen (secondary N) is 1. The first-order chi connectivity index (χ1) is 9.97. The van der Waals surface area contributed by atoms with E-state index in [1.54, 1.807) is 6.07 Å². The molecular weight excluding hydrogens is 278 g/mol. The van der Waals surface area contributed by atoms with E-state index in [0.717, 1.165) is 0 Å². The lowest BCUT2D eigenvalue weighted by molar-refractivity contribution is -0.384. The van der Waals surface area contributed by atoms with E-state index in [4.69, 9.17) is 5.11 Å². The van der Waals surface area contributed by atoms with E-state index in [9.17, 15) is 19.7 Å². The maximum Gasteiger partial charge on any atom is 0.321 e. The van der Waals surface area contributed by atoms with Gasteiger partial charge in [-0.2, -0.15) is 0 Å². The smallest absolute Gasteiger partial charge is 0.321 e. The average Bonchev–Trinajstić information content (AvgIpc) is 2.47. The van der Waals surface area contributed by atoms with E-state index in [2.05, 4.69) is 5.32 Å². The van der Waals surface area contributed by atoms with Crippen molar-refractivity contribution in [3.63, 3.8) is 0 Å². The van der Waals surface area contributed by atoms with Crippen LogP contribution in [0.2, 0.25) is 0 Å². The number of likely N-dealkylation sites (tertiary alicyclic amines) is 1. The Kier molecular flexibility index (Phi) is 4.36. The largest absolute Gasteiger partial charge is 0.481 e. The SMILES string of the molecule is O=C(O)C1CCN(C(=O)Nc2cccc([N+](=O)[O-])c2)CC1. The van der Waals surface area contributed by atoms with Gasteiger partial charge in [-0.3, -0.25) is 14.9 Å². The molecule has 112 valence electrons. The first-order valence-corrected chi connectivity index (χ1v) is 6.50. The van der Waals surface area contributed by atoms with Crippen molar-refractivity contribution in [1.82, 2.24) is 4.90 Å². The molecule has 1 aromatic rings. The second-order valence-electron chi connectivity index (χ2n) is 4.84. The second-order valence-corrected chi connectivity index (χ2v) is 4.84. The number of nitrogens with zero attached hydrogens (tertiary/aromatic N) is 2. The van der Waals surface area contributed by atoms with E-state index in [0.29, 0.717) is 31.6 Å². The third kappa shape index (κ3) is 3.68. The van der Waals surface area contributed by atoms with Gasteiger partial charge in [-0.05, 0) is 18.9 Å². The zero-order valence-electron chi connectivity index (χ0n) is 11.2. The number of carboxylic acid groups (broad SMARTS) is 1. The first-order valence-electron chi connectivity index (χ1n) is 6.50. The number of anilines is 1. The molecular formula is C13H15N3O5. The molecule has 0 unspecified atom stereocenters. The van der Waals surface area contributed by atoms with Crippen LogP contribution in [0.25, 0.3) is 0 Å². The number of benzene rings is 1. The van der Waals surface area contributed by atoms with Crippen molar-refractivity contribution in [1.29, 1.82) is 0 Å². The standard InChI is InChI=1S/C13H15N3O5/c17-12(18)9-4-6-15(7-5-9)13(19)14-10-2-1-3-11(8-10)16(20)21/h1-3,8-9H,4-7H2,(H,14,19)(H,17,18). The summed E-state index contributed by atoms with van der Waals surface area (Å²) in [5, 5.41) is 22.2. The van der Waals surface area contributed by atoms with E-state index < -0.39 is 16.8 Å². The van der Waals surface area contributed by atoms with Gasteiger partial charge in [0, 0.05) is 30.9 Å². The number of aliphatic carboxylic acids is 1. The second kappa shape index (κ2) is 6.21. The van der Waals surface area contributed by atoms with E-state index in [1.165, 1.54) is 23.1 Å². The predicted octanol–water partition coefficient (Wildman–Crippen LogP) is 1.92. The number of carbonyl (C=O) groups is 2. The summed E-state index contributed by atoms with van der Waals surface area (Å²) in [6, 6.07) is 5.30. The van der Waals surface area contributed by atoms with Crippen LogP contribution in [0.15, 0.2) is 24.3 Å². The van der Waals surface area contributed by atoms with Crippen molar-refractivity contribution in [2.45, 2.75) is 12.8 Å². The summed E-state index contributed by atoms with van der Waals surface area (Å²) in [6.07, 6.45) is 0.829. The quantitative estimate of drug-likeness (QED) is 0.653. The van der Waals surface area contributed by atoms with Gasteiger partial charge in [0.15, 0.2) is 0 Å². The Hall–Kier alpha value is -2.64. The van der Waals surface area contributed by atoms with Gasteiger partial charge >= 0.3 is 12.0 Å². The molecule has 1 aliphatic rings. The van der Waals surface area contributed by atoms with Crippen LogP contribution in [0.1, 0.15) is 12.8 Å². The van der Waals surface area contributed by atoms with Gasteiger partial charge in [-0.25, -0.2) is 4.79 Å². The molecule has 0 aromatic heterocycles. The average molecular weight is 293 g/mol. The number of hydrogen-bond acceptors (Lipinski definition) is 4. The van der Waals surface area contributed by atoms with Crippen LogP contribution in [0.3, 0.4) is 0 Å². The Morgan fingerprint density at radius 1 is 1.33 bits per heavy atom. The molecule has 0 atom stereocenters. The molecule has 2 N–H and O–H groups in total. The van der Waals surface area contributed by atoms with Gasteiger partial charge < -0.3 is 15.3 Å². The Labute approximate surface area is 120 Å². The number of rotatable bonds is 3. The molecule has 1 saturated heterocycles. The number of piperidine rings is 1. The van der Waals surface area contributed by atoms with Crippen LogP contribution < -0.4 is 5.32 Å². The van der Waals surface area contributed by atoms with Crippen molar-refractivity contribution < 1.29 is 19.6 Å². The van der Waals surface area contributed by atoms with Crippen LogP contribution in [0.4, 0.5) is 16.2 Å². The highest BCUT2D eigenvalue weighted by molar-refractivity contribution is 5.89. The van der Waals surface area contributed by atoms with E-state index in [1.807, 2.05) is 0 Å². The fraction of sp³-hybridized carbons (Fsp3) is 0.385. The summed E-state index contributed by atoms with van der Waals surface area (Å²) < 4.78 is 0. The van der Waals surface area contributed by atoms with E-state index >= 15 is 0 Å². The van der Waals surface area contributed by atoms with Gasteiger partial charge in [0.1, 0.15) is 0 Å². The summed E-state index contributed by atoms with van der Waals surface area (Å²) in [5.74, 6) is -1.25. The molecule has 8 heteroatoms. The number of carbonyl (C=O) groups excluding carboxylic acids is 1. The summed E-state index contributed by atoms with van der Waals surface area (Å²) in [4.78, 5) is 34.5. The number of non-ortho nitro benzene ring substituents is 1. The molecule has 21 heavy (non-hydrogen) atoms. The molecule has 0 saturated carbocycles. The molecule has 0 aliphatic carbocycles. The van der Waals surface area contributed by atoms with Crippen molar-refractivity contribution in [3.8, 4) is 0 Å². The Morgan fingerprint density at radius 3 is 2.57 bits per heavy atom. The molecule has 0 radical (unpaired) electrons. The van der Waals surface area contributed by atoms with Crippen molar-refractivity contribution in [2.75, 3.05) is 18.4 Å². The van der Waals surface area contributed by atoms with Gasteiger partial charge in [-0.1, -0.05) is 6.07 Å². The predicted molar refractivity (Wildman–Crippen MR) is 74.0 cm³/mol. The van der Waals surface area contributed by atoms with Gasteiger partial charge in [0.2, 0.25) is 0 Å². The monoisotopic (exact) mass is 293 g/mol. The van der Waals surface area contributed by atoms with Crippen molar-refractivity contribution >= 4 is 23.4 Å². The molecule has 2 amide bonds. The van der Waals surface area contributed by atoms with Crippen molar-refractivity contribution in [2.24, 2.45) is 5.92 Å². The summed E-state index contributed by atoms with van der Waals surface area (Å²) in [7, 11) is 0. The highest BCUT2D eigenvalue weighted by Crippen LogP contribution is 2.20. The molecule has 0 spiro atoms. The molecule has 1 fully saturated rings. The number of amides is 2. The fourth-order valence-electron chi connectivity index (χ4n) is 2.23. The molecule has 1 heterocycles. The third-order valence-electron chi connectivity index (χ3n) is 3.44.